The third-order valence-electron chi connectivity index (χ3n) is 3.90. The van der Waals surface area contributed by atoms with Gasteiger partial charge in [0, 0.05) is 0 Å². The van der Waals surface area contributed by atoms with Crippen LogP contribution in [0.1, 0.15) is 35.6 Å². The highest BCUT2D eigenvalue weighted by atomic mass is 16.5. The van der Waals surface area contributed by atoms with E-state index in [-0.39, 0.29) is 0 Å². The van der Waals surface area contributed by atoms with Crippen molar-refractivity contribution in [1.82, 2.24) is 0 Å². The summed E-state index contributed by atoms with van der Waals surface area (Å²) in [6.07, 6.45) is 4.85. The molecular weight excluding hydrogens is 232 g/mol. The summed E-state index contributed by atoms with van der Waals surface area (Å²) in [6.45, 7) is 2.83. The fraction of sp³-hybridized carbons (Fsp3) is 0.333. The Bertz CT molecular complexity index is 554. The number of rotatable bonds is 4. The molecule has 1 heteroatoms. The van der Waals surface area contributed by atoms with E-state index in [9.17, 15) is 0 Å². The van der Waals surface area contributed by atoms with Crippen LogP contribution in [0.25, 0.3) is 0 Å². The molecule has 2 aromatic carbocycles. The van der Waals surface area contributed by atoms with Gasteiger partial charge in [-0.3, -0.25) is 0 Å². The topological polar surface area (TPSA) is 9.23 Å². The molecule has 0 unspecified atom stereocenters. The van der Waals surface area contributed by atoms with Crippen LogP contribution in [-0.2, 0) is 25.9 Å². The fourth-order valence-corrected chi connectivity index (χ4v) is 2.70. The molecule has 0 saturated carbocycles. The quantitative estimate of drug-likeness (QED) is 0.787. The van der Waals surface area contributed by atoms with Gasteiger partial charge in [-0.1, -0.05) is 37.3 Å². The average molecular weight is 252 g/mol. The van der Waals surface area contributed by atoms with Crippen molar-refractivity contribution in [2.75, 3.05) is 0 Å². The van der Waals surface area contributed by atoms with Crippen molar-refractivity contribution in [3.05, 3.63) is 64.7 Å². The number of ether oxygens (including phenoxy) is 1. The highest BCUT2D eigenvalue weighted by Crippen LogP contribution is 2.23. The van der Waals surface area contributed by atoms with Gasteiger partial charge in [0.25, 0.3) is 0 Å². The van der Waals surface area contributed by atoms with Crippen molar-refractivity contribution in [2.45, 2.75) is 39.2 Å². The third-order valence-corrected chi connectivity index (χ3v) is 3.90. The normalized spacial score (nSPS) is 13.3. The summed E-state index contributed by atoms with van der Waals surface area (Å²) in [5, 5.41) is 0. The summed E-state index contributed by atoms with van der Waals surface area (Å²) in [6, 6.07) is 15.2. The van der Waals surface area contributed by atoms with Crippen LogP contribution in [0, 0.1) is 0 Å². The average Bonchev–Trinajstić information content (AvgIpc) is 2.93. The van der Waals surface area contributed by atoms with Crippen molar-refractivity contribution in [2.24, 2.45) is 0 Å². The Balaban J connectivity index is 1.65. The first kappa shape index (κ1) is 12.3. The highest BCUT2D eigenvalue weighted by Gasteiger charge is 2.10. The lowest BCUT2D eigenvalue weighted by atomic mass is 10.1. The van der Waals surface area contributed by atoms with Crippen LogP contribution in [0.4, 0.5) is 0 Å². The van der Waals surface area contributed by atoms with E-state index in [0.29, 0.717) is 6.61 Å². The van der Waals surface area contributed by atoms with E-state index in [2.05, 4.69) is 49.4 Å². The first-order valence-electron chi connectivity index (χ1n) is 7.17. The molecule has 0 fully saturated rings. The predicted molar refractivity (Wildman–Crippen MR) is 78.6 cm³/mol. The summed E-state index contributed by atoms with van der Waals surface area (Å²) < 4.78 is 5.85. The molecule has 0 radical (unpaired) electrons. The Morgan fingerprint density at radius 1 is 0.895 bits per heavy atom. The van der Waals surface area contributed by atoms with Gasteiger partial charge in [0.2, 0.25) is 0 Å². The van der Waals surface area contributed by atoms with E-state index in [1.807, 2.05) is 0 Å². The second-order valence-electron chi connectivity index (χ2n) is 5.24. The standard InChI is InChI=1S/C18H20O/c1-2-14-7-10-18(11-8-14)19-13-15-6-9-16-4-3-5-17(16)12-15/h6-12H,2-5,13H2,1H3. The van der Waals surface area contributed by atoms with Crippen LogP contribution in [0.3, 0.4) is 0 Å². The van der Waals surface area contributed by atoms with Crippen molar-refractivity contribution in [3.63, 3.8) is 0 Å². The number of benzene rings is 2. The van der Waals surface area contributed by atoms with Crippen LogP contribution >= 0.6 is 0 Å². The SMILES string of the molecule is CCc1ccc(OCc2ccc3c(c2)CCC3)cc1. The molecule has 1 aliphatic rings. The molecule has 0 saturated heterocycles. The van der Waals surface area contributed by atoms with Gasteiger partial charge in [0.1, 0.15) is 12.4 Å². The molecule has 98 valence electrons. The van der Waals surface area contributed by atoms with E-state index < -0.39 is 0 Å². The molecule has 0 aromatic heterocycles. The number of hydrogen-bond acceptors (Lipinski definition) is 1. The summed E-state index contributed by atoms with van der Waals surface area (Å²) in [5.74, 6) is 0.956. The van der Waals surface area contributed by atoms with Gasteiger partial charge >= 0.3 is 0 Å². The van der Waals surface area contributed by atoms with E-state index in [4.69, 9.17) is 4.74 Å². The zero-order valence-electron chi connectivity index (χ0n) is 11.5. The minimum Gasteiger partial charge on any atom is -0.489 e. The molecule has 0 N–H and O–H groups in total. The van der Waals surface area contributed by atoms with E-state index >= 15 is 0 Å². The number of hydrogen-bond donors (Lipinski definition) is 0. The molecule has 0 aliphatic heterocycles. The summed E-state index contributed by atoms with van der Waals surface area (Å²) in [4.78, 5) is 0. The molecule has 0 bridgehead atoms. The lowest BCUT2D eigenvalue weighted by molar-refractivity contribution is 0.306. The van der Waals surface area contributed by atoms with Crippen LogP contribution in [0.15, 0.2) is 42.5 Å². The van der Waals surface area contributed by atoms with E-state index in [0.717, 1.165) is 12.2 Å². The zero-order chi connectivity index (χ0) is 13.1. The van der Waals surface area contributed by atoms with E-state index in [1.54, 1.807) is 0 Å². The zero-order valence-corrected chi connectivity index (χ0v) is 11.5. The largest absolute Gasteiger partial charge is 0.489 e. The van der Waals surface area contributed by atoms with Gasteiger partial charge < -0.3 is 4.74 Å². The van der Waals surface area contributed by atoms with Crippen molar-refractivity contribution in [1.29, 1.82) is 0 Å². The first-order valence-corrected chi connectivity index (χ1v) is 7.17. The predicted octanol–water partition coefficient (Wildman–Crippen LogP) is 4.32. The van der Waals surface area contributed by atoms with Gasteiger partial charge in [-0.05, 0) is 60.1 Å². The minimum absolute atomic E-state index is 0.665. The molecule has 0 spiro atoms. The Morgan fingerprint density at radius 3 is 2.42 bits per heavy atom. The van der Waals surface area contributed by atoms with Crippen LogP contribution in [-0.4, -0.2) is 0 Å². The first-order chi connectivity index (χ1) is 9.35. The van der Waals surface area contributed by atoms with Crippen molar-refractivity contribution < 1.29 is 4.74 Å². The maximum Gasteiger partial charge on any atom is 0.119 e. The lowest BCUT2D eigenvalue weighted by Crippen LogP contribution is -1.97. The van der Waals surface area contributed by atoms with Gasteiger partial charge in [-0.2, -0.15) is 0 Å². The molecular formula is C18H20O. The minimum atomic E-state index is 0.665. The maximum absolute atomic E-state index is 5.85. The Labute approximate surface area is 115 Å². The summed E-state index contributed by atoms with van der Waals surface area (Å²) >= 11 is 0. The Kier molecular flexibility index (Phi) is 3.54. The van der Waals surface area contributed by atoms with Crippen molar-refractivity contribution in [3.8, 4) is 5.75 Å². The van der Waals surface area contributed by atoms with Crippen LogP contribution in [0.5, 0.6) is 5.75 Å². The molecule has 0 amide bonds. The highest BCUT2D eigenvalue weighted by molar-refractivity contribution is 5.35. The number of fused-ring (bicyclic) bond motifs is 1. The van der Waals surface area contributed by atoms with Crippen LogP contribution < -0.4 is 4.74 Å². The molecule has 3 rings (SSSR count). The van der Waals surface area contributed by atoms with Gasteiger partial charge in [0.05, 0.1) is 0 Å². The van der Waals surface area contributed by atoms with Gasteiger partial charge in [-0.15, -0.1) is 0 Å². The second kappa shape index (κ2) is 5.48. The monoisotopic (exact) mass is 252 g/mol. The fourth-order valence-electron chi connectivity index (χ4n) is 2.70. The molecule has 2 aromatic rings. The third kappa shape index (κ3) is 2.81. The lowest BCUT2D eigenvalue weighted by Gasteiger charge is -2.08. The molecule has 1 nitrogen and oxygen atoms in total. The molecule has 0 atom stereocenters. The second-order valence-corrected chi connectivity index (χ2v) is 5.24. The summed E-state index contributed by atoms with van der Waals surface area (Å²) in [5.41, 5.74) is 5.67. The van der Waals surface area contributed by atoms with E-state index in [1.165, 1.54) is 41.5 Å². The number of aryl methyl sites for hydroxylation is 3. The Hall–Kier alpha value is -1.76. The van der Waals surface area contributed by atoms with Crippen molar-refractivity contribution >= 4 is 0 Å². The maximum atomic E-state index is 5.85. The Morgan fingerprint density at radius 2 is 1.63 bits per heavy atom. The molecule has 1 aliphatic carbocycles. The smallest absolute Gasteiger partial charge is 0.119 e. The van der Waals surface area contributed by atoms with Gasteiger partial charge in [-0.25, -0.2) is 0 Å². The van der Waals surface area contributed by atoms with Crippen LogP contribution in [0.2, 0.25) is 0 Å². The molecule has 0 heterocycles. The molecule has 19 heavy (non-hydrogen) atoms. The summed E-state index contributed by atoms with van der Waals surface area (Å²) in [7, 11) is 0. The van der Waals surface area contributed by atoms with Gasteiger partial charge in [0.15, 0.2) is 0 Å².